The maximum absolute atomic E-state index is 11.4. The number of hydrogen-bond donors (Lipinski definition) is 1. The molecule has 102 valence electrons. The number of furan rings is 1. The summed E-state index contributed by atoms with van der Waals surface area (Å²) in [6.45, 7) is 2.53. The van der Waals surface area contributed by atoms with Crippen LogP contribution in [0.5, 0.6) is 0 Å². The fourth-order valence-electron chi connectivity index (χ4n) is 2.38. The van der Waals surface area contributed by atoms with E-state index in [1.807, 2.05) is 43.3 Å². The van der Waals surface area contributed by atoms with E-state index in [0.29, 0.717) is 12.1 Å². The molecule has 0 aliphatic rings. The second-order valence-electron chi connectivity index (χ2n) is 4.72. The lowest BCUT2D eigenvalue weighted by Gasteiger charge is -2.07. The van der Waals surface area contributed by atoms with Crippen molar-refractivity contribution in [3.63, 3.8) is 0 Å². The van der Waals surface area contributed by atoms with Crippen molar-refractivity contribution in [3.8, 4) is 0 Å². The first-order valence-electron chi connectivity index (χ1n) is 6.58. The Morgan fingerprint density at radius 2 is 2.00 bits per heavy atom. The highest BCUT2D eigenvalue weighted by Gasteiger charge is 2.18. The van der Waals surface area contributed by atoms with Crippen LogP contribution in [0.2, 0.25) is 0 Å². The number of aromatic carboxylic acids is 1. The average molecular weight is 269 g/mol. The van der Waals surface area contributed by atoms with Crippen molar-refractivity contribution in [3.05, 3.63) is 59.5 Å². The highest BCUT2D eigenvalue weighted by molar-refractivity contribution is 5.93. The van der Waals surface area contributed by atoms with E-state index in [4.69, 9.17) is 4.42 Å². The first-order chi connectivity index (χ1) is 9.69. The number of hydrogen-bond acceptors (Lipinski definition) is 2. The summed E-state index contributed by atoms with van der Waals surface area (Å²) in [4.78, 5) is 11.4. The first-order valence-corrected chi connectivity index (χ1v) is 6.58. The molecule has 1 aromatic carbocycles. The van der Waals surface area contributed by atoms with Gasteiger partial charge in [0.05, 0.1) is 5.52 Å². The number of rotatable bonds is 4. The standard InChI is InChI=1S/C16H15NO3/c1-2-12-8-13-15(20-12)9-14(16(18)19)17(13)10-11-6-4-3-5-7-11/h3-9H,2,10H2,1H3,(H,18,19). The lowest BCUT2D eigenvalue weighted by atomic mass is 10.2. The highest BCUT2D eigenvalue weighted by atomic mass is 16.4. The Kier molecular flexibility index (Phi) is 3.06. The molecule has 0 spiro atoms. The summed E-state index contributed by atoms with van der Waals surface area (Å²) in [5.41, 5.74) is 2.79. The molecule has 20 heavy (non-hydrogen) atoms. The molecule has 0 aliphatic heterocycles. The van der Waals surface area contributed by atoms with Crippen LogP contribution < -0.4 is 0 Å². The van der Waals surface area contributed by atoms with Crippen molar-refractivity contribution in [2.24, 2.45) is 0 Å². The van der Waals surface area contributed by atoms with Crippen LogP contribution >= 0.6 is 0 Å². The predicted molar refractivity (Wildman–Crippen MR) is 76.1 cm³/mol. The van der Waals surface area contributed by atoms with E-state index >= 15 is 0 Å². The minimum absolute atomic E-state index is 0.255. The molecular formula is C16H15NO3. The molecule has 0 fully saturated rings. The molecule has 0 saturated carbocycles. The van der Waals surface area contributed by atoms with Crippen LogP contribution in [0.25, 0.3) is 11.1 Å². The maximum Gasteiger partial charge on any atom is 0.352 e. The van der Waals surface area contributed by atoms with Crippen molar-refractivity contribution in [2.45, 2.75) is 19.9 Å². The third-order valence-electron chi connectivity index (χ3n) is 3.39. The monoisotopic (exact) mass is 269 g/mol. The molecule has 0 bridgehead atoms. The number of aromatic nitrogens is 1. The number of benzene rings is 1. The molecule has 1 N–H and O–H groups in total. The van der Waals surface area contributed by atoms with Crippen LogP contribution in [0.3, 0.4) is 0 Å². The van der Waals surface area contributed by atoms with Gasteiger partial charge in [-0.2, -0.15) is 0 Å². The summed E-state index contributed by atoms with van der Waals surface area (Å²) >= 11 is 0. The summed E-state index contributed by atoms with van der Waals surface area (Å²) < 4.78 is 7.43. The SMILES string of the molecule is CCc1cc2c(cc(C(=O)O)n2Cc2ccccc2)o1. The fourth-order valence-corrected chi connectivity index (χ4v) is 2.38. The zero-order chi connectivity index (χ0) is 14.1. The second-order valence-corrected chi connectivity index (χ2v) is 4.72. The predicted octanol–water partition coefficient (Wildman–Crippen LogP) is 3.54. The third-order valence-corrected chi connectivity index (χ3v) is 3.39. The van der Waals surface area contributed by atoms with Crippen LogP contribution in [0.1, 0.15) is 28.7 Å². The Hall–Kier alpha value is -2.49. The van der Waals surface area contributed by atoms with Crippen LogP contribution in [0.15, 0.2) is 46.9 Å². The van der Waals surface area contributed by atoms with Gasteiger partial charge in [-0.15, -0.1) is 0 Å². The van der Waals surface area contributed by atoms with Crippen molar-refractivity contribution in [1.29, 1.82) is 0 Å². The van der Waals surface area contributed by atoms with E-state index < -0.39 is 5.97 Å². The van der Waals surface area contributed by atoms with Gasteiger partial charge < -0.3 is 14.1 Å². The first kappa shape index (κ1) is 12.5. The van der Waals surface area contributed by atoms with Crippen LogP contribution in [0.4, 0.5) is 0 Å². The molecule has 3 aromatic rings. The summed E-state index contributed by atoms with van der Waals surface area (Å²) in [6.07, 6.45) is 0.794. The van der Waals surface area contributed by atoms with Gasteiger partial charge in [-0.25, -0.2) is 4.79 Å². The molecule has 2 aromatic heterocycles. The topological polar surface area (TPSA) is 55.4 Å². The summed E-state index contributed by atoms with van der Waals surface area (Å²) in [5.74, 6) is -0.0702. The number of aryl methyl sites for hydroxylation is 1. The van der Waals surface area contributed by atoms with E-state index in [-0.39, 0.29) is 5.69 Å². The molecule has 0 amide bonds. The van der Waals surface area contributed by atoms with Crippen molar-refractivity contribution in [1.82, 2.24) is 4.57 Å². The van der Waals surface area contributed by atoms with Gasteiger partial charge in [-0.05, 0) is 5.56 Å². The largest absolute Gasteiger partial charge is 0.477 e. The zero-order valence-corrected chi connectivity index (χ0v) is 11.2. The van der Waals surface area contributed by atoms with Crippen LogP contribution in [-0.4, -0.2) is 15.6 Å². The highest BCUT2D eigenvalue weighted by Crippen LogP contribution is 2.25. The van der Waals surface area contributed by atoms with Gasteiger partial charge in [0.15, 0.2) is 5.58 Å². The number of carbonyl (C=O) groups is 1. The Labute approximate surface area is 116 Å². The third kappa shape index (κ3) is 2.09. The van der Waals surface area contributed by atoms with Gasteiger partial charge in [0.25, 0.3) is 0 Å². The fraction of sp³-hybridized carbons (Fsp3) is 0.188. The van der Waals surface area contributed by atoms with E-state index in [0.717, 1.165) is 23.3 Å². The maximum atomic E-state index is 11.4. The molecule has 0 saturated heterocycles. The van der Waals surface area contributed by atoms with Gasteiger partial charge >= 0.3 is 5.97 Å². The lowest BCUT2D eigenvalue weighted by Crippen LogP contribution is -2.09. The van der Waals surface area contributed by atoms with Gasteiger partial charge in [-0.3, -0.25) is 0 Å². The lowest BCUT2D eigenvalue weighted by molar-refractivity contribution is 0.0686. The molecule has 4 heteroatoms. The number of nitrogens with zero attached hydrogens (tertiary/aromatic N) is 1. The number of carboxylic acid groups (broad SMARTS) is 1. The van der Waals surface area contributed by atoms with E-state index in [2.05, 4.69) is 0 Å². The Bertz CT molecular complexity index is 753. The second kappa shape index (κ2) is 4.89. The molecule has 0 radical (unpaired) electrons. The Balaban J connectivity index is 2.12. The van der Waals surface area contributed by atoms with Crippen LogP contribution in [-0.2, 0) is 13.0 Å². The molecule has 0 aliphatic carbocycles. The Morgan fingerprint density at radius 3 is 2.65 bits per heavy atom. The van der Waals surface area contributed by atoms with Gasteiger partial charge in [0.1, 0.15) is 11.5 Å². The number of fused-ring (bicyclic) bond motifs is 1. The smallest absolute Gasteiger partial charge is 0.352 e. The molecular weight excluding hydrogens is 254 g/mol. The summed E-state index contributed by atoms with van der Waals surface area (Å²) in [7, 11) is 0. The van der Waals surface area contributed by atoms with E-state index in [9.17, 15) is 9.90 Å². The quantitative estimate of drug-likeness (QED) is 0.788. The number of carboxylic acids is 1. The summed E-state index contributed by atoms with van der Waals surface area (Å²) in [6, 6.07) is 13.3. The van der Waals surface area contributed by atoms with Crippen molar-refractivity contribution < 1.29 is 14.3 Å². The minimum Gasteiger partial charge on any atom is -0.477 e. The molecule has 0 unspecified atom stereocenters. The van der Waals surface area contributed by atoms with Gasteiger partial charge in [-0.1, -0.05) is 37.3 Å². The van der Waals surface area contributed by atoms with Crippen molar-refractivity contribution >= 4 is 17.1 Å². The minimum atomic E-state index is -0.939. The van der Waals surface area contributed by atoms with Gasteiger partial charge in [0.2, 0.25) is 0 Å². The van der Waals surface area contributed by atoms with Crippen molar-refractivity contribution in [2.75, 3.05) is 0 Å². The van der Waals surface area contributed by atoms with E-state index in [1.54, 1.807) is 10.6 Å². The van der Waals surface area contributed by atoms with E-state index in [1.165, 1.54) is 0 Å². The molecule has 3 rings (SSSR count). The Morgan fingerprint density at radius 1 is 1.25 bits per heavy atom. The molecule has 0 atom stereocenters. The molecule has 4 nitrogen and oxygen atoms in total. The van der Waals surface area contributed by atoms with Gasteiger partial charge in [0, 0.05) is 25.1 Å². The molecule has 2 heterocycles. The summed E-state index contributed by atoms with van der Waals surface area (Å²) in [5, 5.41) is 9.33. The normalized spacial score (nSPS) is 11.1. The van der Waals surface area contributed by atoms with Crippen LogP contribution in [0, 0.1) is 0 Å². The zero-order valence-electron chi connectivity index (χ0n) is 11.2. The average Bonchev–Trinajstić information content (AvgIpc) is 2.99.